The number of carbonyl (C=O) groups is 2. The van der Waals surface area contributed by atoms with E-state index in [1.807, 2.05) is 56.6 Å². The number of aryl methyl sites for hydroxylation is 2. The molecule has 0 radical (unpaired) electrons. The summed E-state index contributed by atoms with van der Waals surface area (Å²) in [6.07, 6.45) is 12.4. The van der Waals surface area contributed by atoms with Crippen LogP contribution in [0.5, 0.6) is 0 Å². The molecule has 1 heterocycles. The molecule has 3 aromatic rings. The molecule has 0 aliphatic heterocycles. The summed E-state index contributed by atoms with van der Waals surface area (Å²) in [5.74, 6) is -0.369. The molecule has 1 unspecified atom stereocenters. The average Bonchev–Trinajstić information content (AvgIpc) is 3.41. The molecule has 1 N–H and O–H groups in total. The number of aliphatic carboxylic acids is 1. The molecular weight excluding hydrogens is 543 g/mol. The van der Waals surface area contributed by atoms with Crippen LogP contribution in [0, 0.1) is 12.8 Å². The SMILES string of the molecule is CSCC[C@H](NC(=O)c1ccc(COC(CCC2CCCCC2)c2cnnn2C)cc1-c1ccccc1C)C(=O)[O-].[Li+]. The van der Waals surface area contributed by atoms with E-state index in [9.17, 15) is 14.7 Å². The molecule has 1 aromatic heterocycles. The van der Waals surface area contributed by atoms with Crippen LogP contribution in [0.2, 0.25) is 0 Å². The van der Waals surface area contributed by atoms with Gasteiger partial charge in [0, 0.05) is 12.6 Å². The maximum atomic E-state index is 13.4. The first-order valence-corrected chi connectivity index (χ1v) is 15.9. The number of ether oxygens (including phenoxy) is 1. The van der Waals surface area contributed by atoms with Crippen molar-refractivity contribution in [3.05, 3.63) is 71.0 Å². The minimum atomic E-state index is -1.28. The number of benzene rings is 2. The van der Waals surface area contributed by atoms with Gasteiger partial charge in [0.1, 0.15) is 6.10 Å². The number of aromatic nitrogens is 3. The molecule has 8 nitrogen and oxygen atoms in total. The monoisotopic (exact) mass is 584 g/mol. The smallest absolute Gasteiger partial charge is 0.548 e. The largest absolute Gasteiger partial charge is 1.00 e. The first-order valence-electron chi connectivity index (χ1n) is 14.5. The molecule has 1 amide bonds. The van der Waals surface area contributed by atoms with Crippen molar-refractivity contribution in [1.82, 2.24) is 20.3 Å². The Morgan fingerprint density at radius 3 is 2.55 bits per heavy atom. The first-order chi connectivity index (χ1) is 19.9. The number of carboxylic acids is 1. The second-order valence-electron chi connectivity index (χ2n) is 11.0. The molecule has 2 atom stereocenters. The van der Waals surface area contributed by atoms with E-state index >= 15 is 0 Å². The van der Waals surface area contributed by atoms with Crippen LogP contribution < -0.4 is 29.3 Å². The van der Waals surface area contributed by atoms with Gasteiger partial charge in [-0.25, -0.2) is 4.68 Å². The van der Waals surface area contributed by atoms with Gasteiger partial charge in [-0.1, -0.05) is 67.6 Å². The van der Waals surface area contributed by atoms with Crippen LogP contribution in [-0.2, 0) is 23.2 Å². The van der Waals surface area contributed by atoms with E-state index in [-0.39, 0.29) is 25.0 Å². The Labute approximate surface area is 265 Å². The van der Waals surface area contributed by atoms with Gasteiger partial charge in [0.25, 0.3) is 5.91 Å². The molecule has 1 saturated carbocycles. The summed E-state index contributed by atoms with van der Waals surface area (Å²) in [4.78, 5) is 25.1. The molecule has 1 aliphatic rings. The van der Waals surface area contributed by atoms with Crippen LogP contribution in [0.4, 0.5) is 0 Å². The molecule has 1 fully saturated rings. The summed E-state index contributed by atoms with van der Waals surface area (Å²) < 4.78 is 8.30. The van der Waals surface area contributed by atoms with Gasteiger partial charge >= 0.3 is 18.9 Å². The van der Waals surface area contributed by atoms with Crippen LogP contribution >= 0.6 is 11.8 Å². The predicted octanol–water partition coefficient (Wildman–Crippen LogP) is 2.01. The zero-order chi connectivity index (χ0) is 29.2. The Balaban J connectivity index is 0.00000484. The topological polar surface area (TPSA) is 109 Å². The molecule has 2 aromatic carbocycles. The second kappa shape index (κ2) is 16.9. The van der Waals surface area contributed by atoms with Gasteiger partial charge in [0.05, 0.1) is 30.5 Å². The van der Waals surface area contributed by atoms with E-state index in [0.717, 1.165) is 46.7 Å². The fourth-order valence-corrected chi connectivity index (χ4v) is 6.13. The summed E-state index contributed by atoms with van der Waals surface area (Å²) in [6.45, 7) is 2.36. The van der Waals surface area contributed by atoms with Crippen molar-refractivity contribution in [2.24, 2.45) is 13.0 Å². The molecule has 220 valence electrons. The number of nitrogens with one attached hydrogen (secondary N) is 1. The molecule has 42 heavy (non-hydrogen) atoms. The molecule has 4 rings (SSSR count). The Kier molecular flexibility index (Phi) is 13.7. The number of nitrogens with zero attached hydrogens (tertiary/aromatic N) is 3. The molecule has 0 saturated heterocycles. The number of rotatable bonds is 14. The number of carboxylic acid groups (broad SMARTS) is 1. The van der Waals surface area contributed by atoms with Crippen LogP contribution in [0.1, 0.15) is 84.6 Å². The van der Waals surface area contributed by atoms with Crippen LogP contribution in [0.15, 0.2) is 48.7 Å². The Hall–Kier alpha value is -2.57. The van der Waals surface area contributed by atoms with E-state index in [1.54, 1.807) is 16.9 Å². The number of thioether (sulfide) groups is 1. The van der Waals surface area contributed by atoms with Gasteiger partial charge in [-0.15, -0.1) is 5.10 Å². The van der Waals surface area contributed by atoms with Crippen LogP contribution in [0.3, 0.4) is 0 Å². The Morgan fingerprint density at radius 2 is 1.88 bits per heavy atom. The fourth-order valence-electron chi connectivity index (χ4n) is 5.66. The number of carbonyl (C=O) groups excluding carboxylic acids is 2. The van der Waals surface area contributed by atoms with Crippen molar-refractivity contribution in [1.29, 1.82) is 0 Å². The van der Waals surface area contributed by atoms with E-state index < -0.39 is 17.9 Å². The first kappa shape index (κ1) is 33.9. The van der Waals surface area contributed by atoms with Crippen molar-refractivity contribution in [3.8, 4) is 11.1 Å². The van der Waals surface area contributed by atoms with Crippen molar-refractivity contribution in [2.75, 3.05) is 12.0 Å². The van der Waals surface area contributed by atoms with E-state index in [1.165, 1.54) is 43.9 Å². The minimum Gasteiger partial charge on any atom is -0.548 e. The quantitative estimate of drug-likeness (QED) is 0.289. The summed E-state index contributed by atoms with van der Waals surface area (Å²) in [5.41, 5.74) is 4.97. The van der Waals surface area contributed by atoms with Crippen molar-refractivity contribution in [2.45, 2.75) is 77.0 Å². The zero-order valence-corrected chi connectivity index (χ0v) is 26.1. The van der Waals surface area contributed by atoms with Gasteiger partial charge in [-0.05, 0) is 78.5 Å². The van der Waals surface area contributed by atoms with Gasteiger partial charge in [-0.2, -0.15) is 11.8 Å². The summed E-state index contributed by atoms with van der Waals surface area (Å²) in [7, 11) is 1.89. The van der Waals surface area contributed by atoms with E-state index in [0.29, 0.717) is 24.3 Å². The van der Waals surface area contributed by atoms with Gasteiger partial charge in [-0.3, -0.25) is 4.79 Å². The summed E-state index contributed by atoms with van der Waals surface area (Å²) >= 11 is 1.53. The van der Waals surface area contributed by atoms with Crippen LogP contribution in [0.25, 0.3) is 11.1 Å². The predicted molar refractivity (Wildman–Crippen MR) is 160 cm³/mol. The summed E-state index contributed by atoms with van der Waals surface area (Å²) in [6, 6.07) is 12.4. The minimum absolute atomic E-state index is 0. The van der Waals surface area contributed by atoms with Crippen LogP contribution in [-0.4, -0.2) is 44.9 Å². The van der Waals surface area contributed by atoms with Gasteiger partial charge < -0.3 is 20.0 Å². The molecule has 1 aliphatic carbocycles. The maximum Gasteiger partial charge on any atom is 1.00 e. The third kappa shape index (κ3) is 9.21. The third-order valence-corrected chi connectivity index (χ3v) is 8.70. The van der Waals surface area contributed by atoms with E-state index in [4.69, 9.17) is 4.74 Å². The van der Waals surface area contributed by atoms with Crippen molar-refractivity contribution < 1.29 is 38.3 Å². The van der Waals surface area contributed by atoms with Crippen molar-refractivity contribution >= 4 is 23.6 Å². The van der Waals surface area contributed by atoms with Gasteiger partial charge in [0.15, 0.2) is 0 Å². The maximum absolute atomic E-state index is 13.4. The third-order valence-electron chi connectivity index (χ3n) is 8.06. The Bertz CT molecular complexity index is 1310. The normalized spacial score (nSPS) is 15.0. The molecular formula is C32H41LiN4O4S. The molecule has 0 spiro atoms. The second-order valence-corrected chi connectivity index (χ2v) is 12.0. The molecule has 0 bridgehead atoms. The summed E-state index contributed by atoms with van der Waals surface area (Å²) in [5, 5.41) is 22.6. The average molecular weight is 585 g/mol. The fraction of sp³-hybridized carbons (Fsp3) is 0.500. The van der Waals surface area contributed by atoms with Crippen molar-refractivity contribution in [3.63, 3.8) is 0 Å². The zero-order valence-electron chi connectivity index (χ0n) is 25.3. The Morgan fingerprint density at radius 1 is 1.12 bits per heavy atom. The van der Waals surface area contributed by atoms with E-state index in [2.05, 4.69) is 15.6 Å². The van der Waals surface area contributed by atoms with Gasteiger partial charge in [0.2, 0.25) is 0 Å². The number of hydrogen-bond donors (Lipinski definition) is 1. The number of amides is 1. The molecule has 10 heteroatoms. The standard InChI is InChI=1S/C32H42N4O4S.Li/c1-22-9-7-8-12-25(22)27-19-24(13-15-26(27)31(37)34-28(32(38)39)17-18-41-3)21-40-30(29-20-33-35-36(29)2)16-14-23-10-5-4-6-11-23;/h7-9,12-13,15,19-20,23,28,30H,4-6,10-11,14,16-18,21H2,1-3H3,(H,34,37)(H,38,39);/q;+1/p-1/t28-,30?;/m0./s1. The number of hydrogen-bond acceptors (Lipinski definition) is 7.